The number of aliphatic imine (C=N–C) groups is 2. The van der Waals surface area contributed by atoms with Crippen LogP contribution in [0.15, 0.2) is 75.2 Å². The van der Waals surface area contributed by atoms with Crippen LogP contribution in [0.5, 0.6) is 0 Å². The minimum absolute atomic E-state index is 0.0487. The third-order valence-electron chi connectivity index (χ3n) is 7.86. The molecule has 11 heteroatoms. The highest BCUT2D eigenvalue weighted by Gasteiger charge is 2.34. The zero-order chi connectivity index (χ0) is 30.0. The summed E-state index contributed by atoms with van der Waals surface area (Å²) in [4.78, 5) is 25.9. The van der Waals surface area contributed by atoms with Crippen LogP contribution in [-0.4, -0.2) is 67.0 Å². The number of amides is 1. The largest absolute Gasteiger partial charge is 0.416 e. The van der Waals surface area contributed by atoms with Crippen molar-refractivity contribution in [1.29, 1.82) is 0 Å². The summed E-state index contributed by atoms with van der Waals surface area (Å²) in [6.45, 7) is 5.35. The molecule has 1 amide bonds. The van der Waals surface area contributed by atoms with Gasteiger partial charge in [0.15, 0.2) is 0 Å². The molecular formula is C31H32F4N6O. The molecule has 3 aliphatic heterocycles. The van der Waals surface area contributed by atoms with E-state index in [4.69, 9.17) is 5.73 Å². The number of amidine groups is 1. The Bertz CT molecular complexity index is 1510. The molecule has 0 saturated carbocycles. The predicted molar refractivity (Wildman–Crippen MR) is 155 cm³/mol. The van der Waals surface area contributed by atoms with Crippen molar-refractivity contribution in [2.75, 3.05) is 45.1 Å². The molecule has 4 aliphatic rings. The number of nitrogens with two attached hydrogens (primary N) is 1. The number of anilines is 1. The zero-order valence-corrected chi connectivity index (χ0v) is 23.4. The lowest BCUT2D eigenvalue weighted by Gasteiger charge is -2.33. The average molecular weight is 581 g/mol. The molecule has 1 fully saturated rings. The monoisotopic (exact) mass is 580 g/mol. The number of alkyl halides is 3. The van der Waals surface area contributed by atoms with Gasteiger partial charge in [-0.15, -0.1) is 0 Å². The van der Waals surface area contributed by atoms with E-state index < -0.39 is 29.4 Å². The van der Waals surface area contributed by atoms with Gasteiger partial charge in [-0.1, -0.05) is 24.0 Å². The molecule has 2 atom stereocenters. The topological polar surface area (TPSA) is 86.3 Å². The Kier molecular flexibility index (Phi) is 8.48. The van der Waals surface area contributed by atoms with Crippen LogP contribution in [0.4, 0.5) is 23.2 Å². The summed E-state index contributed by atoms with van der Waals surface area (Å²) in [7, 11) is 1.99. The molecule has 5 rings (SSSR count). The van der Waals surface area contributed by atoms with Crippen molar-refractivity contribution in [3.8, 4) is 11.8 Å². The van der Waals surface area contributed by atoms with E-state index in [1.807, 2.05) is 11.9 Å². The molecule has 1 aromatic rings. The predicted octanol–water partition coefficient (Wildman–Crippen LogP) is 4.47. The molecular weight excluding hydrogens is 548 g/mol. The van der Waals surface area contributed by atoms with Crippen molar-refractivity contribution in [1.82, 2.24) is 9.80 Å². The molecule has 1 saturated heterocycles. The summed E-state index contributed by atoms with van der Waals surface area (Å²) < 4.78 is 55.9. The maximum Gasteiger partial charge on any atom is 0.416 e. The Labute approximate surface area is 242 Å². The smallest absolute Gasteiger partial charge is 0.383 e. The number of dihydropyridines is 1. The number of rotatable bonds is 4. The van der Waals surface area contributed by atoms with E-state index >= 15 is 0 Å². The van der Waals surface area contributed by atoms with Crippen molar-refractivity contribution in [3.05, 3.63) is 76.3 Å². The number of allylic oxidation sites excluding steroid dienone is 3. The fourth-order valence-corrected chi connectivity index (χ4v) is 5.26. The average Bonchev–Trinajstić information content (AvgIpc) is 2.94. The van der Waals surface area contributed by atoms with E-state index in [-0.39, 0.29) is 41.5 Å². The molecule has 0 aromatic heterocycles. The Morgan fingerprint density at radius 2 is 1.98 bits per heavy atom. The van der Waals surface area contributed by atoms with Crippen LogP contribution >= 0.6 is 0 Å². The minimum atomic E-state index is -4.57. The van der Waals surface area contributed by atoms with Gasteiger partial charge in [0.05, 0.1) is 23.6 Å². The second-order valence-electron chi connectivity index (χ2n) is 10.9. The van der Waals surface area contributed by atoms with E-state index in [0.717, 1.165) is 19.2 Å². The summed E-state index contributed by atoms with van der Waals surface area (Å²) in [5.74, 6) is 4.84. The van der Waals surface area contributed by atoms with Crippen LogP contribution in [-0.2, 0) is 17.5 Å². The molecule has 0 spiro atoms. The van der Waals surface area contributed by atoms with Crippen LogP contribution < -0.4 is 11.1 Å². The lowest BCUT2D eigenvalue weighted by molar-refractivity contribution is -0.138. The van der Waals surface area contributed by atoms with Crippen molar-refractivity contribution in [2.45, 2.75) is 26.1 Å². The first-order chi connectivity index (χ1) is 20.0. The molecule has 3 heterocycles. The van der Waals surface area contributed by atoms with Gasteiger partial charge in [0.1, 0.15) is 11.7 Å². The van der Waals surface area contributed by atoms with Crippen LogP contribution in [0.2, 0.25) is 0 Å². The highest BCUT2D eigenvalue weighted by atomic mass is 19.4. The maximum atomic E-state index is 14.0. The second kappa shape index (κ2) is 12.1. The van der Waals surface area contributed by atoms with Crippen molar-refractivity contribution in [2.24, 2.45) is 27.6 Å². The number of fused-ring (bicyclic) bond motifs is 1. The molecule has 1 aromatic carbocycles. The van der Waals surface area contributed by atoms with Gasteiger partial charge in [-0.2, -0.15) is 13.2 Å². The first-order valence-corrected chi connectivity index (χ1v) is 13.7. The molecule has 42 heavy (non-hydrogen) atoms. The third-order valence-corrected chi connectivity index (χ3v) is 7.86. The fraction of sp³-hybridized carbons (Fsp3) is 0.387. The minimum Gasteiger partial charge on any atom is -0.383 e. The first-order valence-electron chi connectivity index (χ1n) is 13.7. The molecule has 0 radical (unpaired) electrons. The number of carbonyl (C=O) groups excluding carboxylic acids is 1. The maximum absolute atomic E-state index is 14.0. The number of halogens is 4. The third kappa shape index (κ3) is 6.72. The van der Waals surface area contributed by atoms with Gasteiger partial charge in [-0.05, 0) is 55.8 Å². The highest BCUT2D eigenvalue weighted by molar-refractivity contribution is 6.06. The number of benzene rings is 1. The Morgan fingerprint density at radius 1 is 1.21 bits per heavy atom. The Hall–Kier alpha value is -4.01. The van der Waals surface area contributed by atoms with Crippen LogP contribution in [0.25, 0.3) is 0 Å². The molecule has 2 unspecified atom stereocenters. The fourth-order valence-electron chi connectivity index (χ4n) is 5.26. The Balaban J connectivity index is 1.30. The number of hydrogen-bond acceptors (Lipinski definition) is 6. The van der Waals surface area contributed by atoms with Gasteiger partial charge in [0.25, 0.3) is 5.91 Å². The van der Waals surface area contributed by atoms with E-state index in [9.17, 15) is 22.4 Å². The molecule has 0 bridgehead atoms. The quantitative estimate of drug-likeness (QED) is 0.407. The summed E-state index contributed by atoms with van der Waals surface area (Å²) in [6.07, 6.45) is 1.57. The Morgan fingerprint density at radius 3 is 2.71 bits per heavy atom. The lowest BCUT2D eigenvalue weighted by Crippen LogP contribution is -2.44. The van der Waals surface area contributed by atoms with E-state index in [2.05, 4.69) is 32.0 Å². The summed E-state index contributed by atoms with van der Waals surface area (Å²) >= 11 is 0. The van der Waals surface area contributed by atoms with Crippen molar-refractivity contribution >= 4 is 23.1 Å². The van der Waals surface area contributed by atoms with Crippen LogP contribution in [0.3, 0.4) is 0 Å². The molecule has 7 nitrogen and oxygen atoms in total. The SMILES string of the molecule is CC1=NC=C(C(=O)Nc2ccc(CN3CCN(C)CC3)c(C(F)(F)F)c2)CC1C#CC1=C2C=C(F)C=CC2CN=C1N. The zero-order valence-electron chi connectivity index (χ0n) is 23.4. The van der Waals surface area contributed by atoms with Gasteiger partial charge in [-0.3, -0.25) is 19.7 Å². The number of hydrogen-bond donors (Lipinski definition) is 2. The molecule has 3 N–H and O–H groups in total. The van der Waals surface area contributed by atoms with Gasteiger partial charge in [-0.25, -0.2) is 4.39 Å². The summed E-state index contributed by atoms with van der Waals surface area (Å²) in [5.41, 5.74) is 7.58. The number of piperazine rings is 1. The van der Waals surface area contributed by atoms with Crippen molar-refractivity contribution < 1.29 is 22.4 Å². The van der Waals surface area contributed by atoms with Gasteiger partial charge in [0.2, 0.25) is 0 Å². The van der Waals surface area contributed by atoms with Crippen LogP contribution in [0.1, 0.15) is 24.5 Å². The summed E-state index contributed by atoms with van der Waals surface area (Å²) in [6, 6.07) is 3.91. The van der Waals surface area contributed by atoms with Gasteiger partial charge >= 0.3 is 6.18 Å². The number of nitrogens with one attached hydrogen (secondary N) is 1. The standard InChI is InChI=1S/C31H32F4N6O/c1-19-20(5-8-26-27-14-24(32)6-3-21(27)16-38-29(26)36)13-23(17-37-19)30(42)39-25-7-4-22(28(15-25)31(33,34)35)18-41-11-9-40(2)10-12-41/h3-4,6-7,14-15,17,20-21H,9-13,16,18H2,1-2H3,(H2,36,38)(H,39,42). The summed E-state index contributed by atoms with van der Waals surface area (Å²) in [5, 5.41) is 2.60. The lowest BCUT2D eigenvalue weighted by atomic mass is 9.87. The van der Waals surface area contributed by atoms with E-state index in [1.54, 1.807) is 13.0 Å². The number of nitrogens with zero attached hydrogens (tertiary/aromatic N) is 4. The normalized spacial score (nSPS) is 23.2. The van der Waals surface area contributed by atoms with Crippen molar-refractivity contribution in [3.63, 3.8) is 0 Å². The van der Waals surface area contributed by atoms with E-state index in [1.165, 1.54) is 30.5 Å². The first kappa shape index (κ1) is 29.5. The van der Waals surface area contributed by atoms with Crippen LogP contribution in [0, 0.1) is 23.7 Å². The number of carbonyl (C=O) groups is 1. The second-order valence-corrected chi connectivity index (χ2v) is 10.9. The van der Waals surface area contributed by atoms with Gasteiger partial charge in [0, 0.05) is 61.8 Å². The van der Waals surface area contributed by atoms with Gasteiger partial charge < -0.3 is 16.0 Å². The number of likely N-dealkylation sites (N-methyl/N-ethyl adjacent to an activating group) is 1. The highest BCUT2D eigenvalue weighted by Crippen LogP contribution is 2.35. The molecule has 1 aliphatic carbocycles. The molecule has 220 valence electrons. The van der Waals surface area contributed by atoms with E-state index in [0.29, 0.717) is 36.5 Å².